The zero-order valence-electron chi connectivity index (χ0n) is 17.8. The van der Waals surface area contributed by atoms with Gasteiger partial charge in [-0.2, -0.15) is 5.10 Å². The highest BCUT2D eigenvalue weighted by Gasteiger charge is 2.70. The highest BCUT2D eigenvalue weighted by atomic mass is 16.3. The van der Waals surface area contributed by atoms with Crippen LogP contribution < -0.4 is 11.1 Å². The number of aliphatic hydroxyl groups is 1. The van der Waals surface area contributed by atoms with E-state index in [9.17, 15) is 9.90 Å². The standard InChI is InChI=1S/C23H36N4O2/c1-22(29)7-5-14-13(10-22)3-4-16-15(14)6-8-23(2)20(16)17-9-18(17)21(23)19(28)11-27-12-24-25-26-27/h12-18,20-21,25-26,29H,3-11H2,1-2H3/t13-,14+,15-,16-,17-,18+,20-,21-,22-,23+/m1/s1. The Morgan fingerprint density at radius 2 is 1.93 bits per heavy atom. The molecule has 0 radical (unpaired) electrons. The van der Waals surface area contributed by atoms with E-state index in [0.717, 1.165) is 48.3 Å². The summed E-state index contributed by atoms with van der Waals surface area (Å²) >= 11 is 0. The van der Waals surface area contributed by atoms with Crippen molar-refractivity contribution >= 4 is 12.1 Å². The van der Waals surface area contributed by atoms with Crippen LogP contribution in [0.2, 0.25) is 0 Å². The molecule has 0 aromatic heterocycles. The number of hydrazine groups is 2. The number of rotatable bonds is 3. The number of nitrogens with one attached hydrogen (secondary N) is 2. The van der Waals surface area contributed by atoms with Crippen LogP contribution in [0, 0.1) is 52.8 Å². The number of carbonyl (C=O) groups is 1. The van der Waals surface area contributed by atoms with E-state index in [2.05, 4.69) is 23.1 Å². The van der Waals surface area contributed by atoms with E-state index < -0.39 is 5.60 Å². The first-order chi connectivity index (χ1) is 13.9. The number of Topliss-reactive ketones (excluding diaryl/α,β-unsaturated/α-hetero) is 1. The summed E-state index contributed by atoms with van der Waals surface area (Å²) in [6.45, 7) is 4.93. The van der Waals surface area contributed by atoms with Crippen LogP contribution in [0.4, 0.5) is 0 Å². The molecule has 5 fully saturated rings. The highest BCUT2D eigenvalue weighted by molar-refractivity contribution is 5.86. The van der Waals surface area contributed by atoms with Gasteiger partial charge in [-0.1, -0.05) is 6.92 Å². The van der Waals surface area contributed by atoms with Gasteiger partial charge in [-0.05, 0) is 105 Å². The molecule has 5 saturated carbocycles. The summed E-state index contributed by atoms with van der Waals surface area (Å²) in [5, 5.41) is 16.3. The molecule has 0 saturated heterocycles. The van der Waals surface area contributed by atoms with Crippen molar-refractivity contribution < 1.29 is 9.90 Å². The Morgan fingerprint density at radius 3 is 2.72 bits per heavy atom. The van der Waals surface area contributed by atoms with E-state index in [1.165, 1.54) is 38.5 Å². The van der Waals surface area contributed by atoms with Gasteiger partial charge in [0.15, 0.2) is 5.78 Å². The van der Waals surface area contributed by atoms with E-state index in [-0.39, 0.29) is 11.3 Å². The van der Waals surface area contributed by atoms with Gasteiger partial charge in [0.05, 0.1) is 12.1 Å². The van der Waals surface area contributed by atoms with Crippen molar-refractivity contribution in [3.63, 3.8) is 0 Å². The third kappa shape index (κ3) is 2.74. The van der Waals surface area contributed by atoms with Gasteiger partial charge < -0.3 is 5.11 Å². The summed E-state index contributed by atoms with van der Waals surface area (Å²) in [5.41, 5.74) is 5.39. The molecule has 1 heterocycles. The highest BCUT2D eigenvalue weighted by Crippen LogP contribution is 2.74. The molecule has 0 amide bonds. The monoisotopic (exact) mass is 400 g/mol. The molecule has 0 bridgehead atoms. The fourth-order valence-electron chi connectivity index (χ4n) is 9.22. The SMILES string of the molecule is C[C@@]1(O)CC[C@H]2[C@H](CC[C@@H]3[C@@H]2CC[C@@]2(C)[C@H]3[C@@H]3C[C@@H]3[C@@H]2C(=O)CN2C=NNN2)C1. The van der Waals surface area contributed by atoms with Crippen LogP contribution in [0.15, 0.2) is 5.10 Å². The van der Waals surface area contributed by atoms with Crippen molar-refractivity contribution in [3.8, 4) is 0 Å². The summed E-state index contributed by atoms with van der Waals surface area (Å²) in [5.74, 6) is 6.03. The molecule has 10 atom stereocenters. The molecule has 6 nitrogen and oxygen atoms in total. The maximum absolute atomic E-state index is 13.4. The minimum Gasteiger partial charge on any atom is -0.390 e. The molecule has 0 aromatic carbocycles. The van der Waals surface area contributed by atoms with Gasteiger partial charge >= 0.3 is 0 Å². The minimum absolute atomic E-state index is 0.198. The second-order valence-electron chi connectivity index (χ2n) is 11.7. The number of ketones is 1. The molecule has 0 unspecified atom stereocenters. The smallest absolute Gasteiger partial charge is 0.157 e. The topological polar surface area (TPSA) is 77.0 Å². The van der Waals surface area contributed by atoms with Gasteiger partial charge in [-0.3, -0.25) is 9.80 Å². The quantitative estimate of drug-likeness (QED) is 0.679. The molecule has 3 N–H and O–H groups in total. The molecule has 29 heavy (non-hydrogen) atoms. The molecule has 5 aliphatic carbocycles. The maximum atomic E-state index is 13.4. The Kier molecular flexibility index (Phi) is 3.97. The first-order valence-corrected chi connectivity index (χ1v) is 11.9. The van der Waals surface area contributed by atoms with Gasteiger partial charge in [0.25, 0.3) is 0 Å². The Hall–Kier alpha value is -1.14. The molecular weight excluding hydrogens is 364 g/mol. The van der Waals surface area contributed by atoms with Gasteiger partial charge in [0.2, 0.25) is 0 Å². The third-order valence-corrected chi connectivity index (χ3v) is 10.2. The summed E-state index contributed by atoms with van der Waals surface area (Å²) in [6.07, 6.45) is 11.3. The summed E-state index contributed by atoms with van der Waals surface area (Å²) in [6, 6.07) is 0. The average molecular weight is 401 g/mol. The zero-order valence-corrected chi connectivity index (χ0v) is 17.8. The molecule has 160 valence electrons. The van der Waals surface area contributed by atoms with Crippen LogP contribution in [0.1, 0.15) is 65.2 Å². The van der Waals surface area contributed by atoms with Crippen LogP contribution in [-0.4, -0.2) is 34.4 Å². The number of carbonyl (C=O) groups excluding carboxylic acids is 1. The lowest BCUT2D eigenvalue weighted by molar-refractivity contribution is -0.136. The Balaban J connectivity index is 1.22. The second kappa shape index (κ2) is 6.19. The normalized spacial score (nSPS) is 54.8. The van der Waals surface area contributed by atoms with E-state index in [0.29, 0.717) is 18.2 Å². The first-order valence-electron chi connectivity index (χ1n) is 11.9. The van der Waals surface area contributed by atoms with Crippen LogP contribution in [0.5, 0.6) is 0 Å². The molecule has 1 aliphatic heterocycles. The minimum atomic E-state index is -0.439. The Labute approximate surface area is 173 Å². The number of fused-ring (bicyclic) bond motifs is 7. The summed E-state index contributed by atoms with van der Waals surface area (Å²) in [4.78, 5) is 13.4. The van der Waals surface area contributed by atoms with Crippen molar-refractivity contribution in [2.24, 2.45) is 57.9 Å². The number of nitrogens with zero attached hydrogens (tertiary/aromatic N) is 2. The molecule has 6 rings (SSSR count). The molecule has 0 spiro atoms. The van der Waals surface area contributed by atoms with Crippen LogP contribution >= 0.6 is 0 Å². The van der Waals surface area contributed by atoms with E-state index in [1.54, 1.807) is 11.3 Å². The third-order valence-electron chi connectivity index (χ3n) is 10.2. The number of hydrogen-bond donors (Lipinski definition) is 3. The number of hydrogen-bond acceptors (Lipinski definition) is 6. The van der Waals surface area contributed by atoms with Gasteiger partial charge in [-0.15, -0.1) is 5.53 Å². The fourth-order valence-corrected chi connectivity index (χ4v) is 9.22. The summed E-state index contributed by atoms with van der Waals surface area (Å²) < 4.78 is 0. The van der Waals surface area contributed by atoms with Crippen molar-refractivity contribution in [2.75, 3.05) is 6.54 Å². The van der Waals surface area contributed by atoms with Crippen LogP contribution in [0.25, 0.3) is 0 Å². The second-order valence-corrected chi connectivity index (χ2v) is 11.7. The predicted molar refractivity (Wildman–Crippen MR) is 110 cm³/mol. The molecule has 6 aliphatic rings. The maximum Gasteiger partial charge on any atom is 0.157 e. The van der Waals surface area contributed by atoms with Crippen molar-refractivity contribution in [2.45, 2.75) is 70.8 Å². The van der Waals surface area contributed by atoms with E-state index in [4.69, 9.17) is 0 Å². The van der Waals surface area contributed by atoms with Gasteiger partial charge in [0, 0.05) is 5.92 Å². The Morgan fingerprint density at radius 1 is 1.10 bits per heavy atom. The van der Waals surface area contributed by atoms with Crippen LogP contribution in [0.3, 0.4) is 0 Å². The van der Waals surface area contributed by atoms with Crippen molar-refractivity contribution in [1.82, 2.24) is 16.1 Å². The lowest BCUT2D eigenvalue weighted by atomic mass is 9.48. The van der Waals surface area contributed by atoms with Gasteiger partial charge in [0.1, 0.15) is 6.34 Å². The largest absolute Gasteiger partial charge is 0.390 e. The predicted octanol–water partition coefficient (Wildman–Crippen LogP) is 2.70. The first kappa shape index (κ1) is 18.6. The van der Waals surface area contributed by atoms with E-state index >= 15 is 0 Å². The molecule has 0 aromatic rings. The van der Waals surface area contributed by atoms with Crippen LogP contribution in [-0.2, 0) is 4.79 Å². The number of hydrazone groups is 1. The van der Waals surface area contributed by atoms with Gasteiger partial charge in [-0.25, -0.2) is 5.53 Å². The lowest BCUT2D eigenvalue weighted by Gasteiger charge is -2.57. The Bertz CT molecular complexity index is 738. The van der Waals surface area contributed by atoms with Crippen molar-refractivity contribution in [3.05, 3.63) is 0 Å². The fraction of sp³-hybridized carbons (Fsp3) is 0.913. The average Bonchev–Trinajstić information content (AvgIpc) is 3.12. The van der Waals surface area contributed by atoms with Crippen molar-refractivity contribution in [1.29, 1.82) is 0 Å². The molecular formula is C23H36N4O2. The van der Waals surface area contributed by atoms with E-state index in [1.807, 2.05) is 6.92 Å². The molecule has 6 heteroatoms. The zero-order chi connectivity index (χ0) is 20.0. The summed E-state index contributed by atoms with van der Waals surface area (Å²) in [7, 11) is 0. The lowest BCUT2D eigenvalue weighted by Crippen LogP contribution is -2.53.